The summed E-state index contributed by atoms with van der Waals surface area (Å²) in [6.07, 6.45) is 7.34. The van der Waals surface area contributed by atoms with E-state index in [2.05, 4.69) is 4.72 Å². The van der Waals surface area contributed by atoms with E-state index >= 15 is 0 Å². The Hall–Kier alpha value is -0.910. The molecule has 0 spiro atoms. The summed E-state index contributed by atoms with van der Waals surface area (Å²) in [6.45, 7) is 0.872. The zero-order valence-electron chi connectivity index (χ0n) is 11.8. The summed E-state index contributed by atoms with van der Waals surface area (Å²) in [4.78, 5) is 0.307. The lowest BCUT2D eigenvalue weighted by molar-refractivity contribution is 0.480. The molecule has 2 rings (SSSR count). The van der Waals surface area contributed by atoms with Gasteiger partial charge in [-0.2, -0.15) is 0 Å². The second-order valence-corrected chi connectivity index (χ2v) is 7.31. The summed E-state index contributed by atoms with van der Waals surface area (Å²) in [5, 5.41) is 0. The maximum absolute atomic E-state index is 12.1. The Morgan fingerprint density at radius 1 is 1.25 bits per heavy atom. The maximum atomic E-state index is 12.1. The molecular formula is C15H24N2O2S. The van der Waals surface area contributed by atoms with E-state index in [0.717, 1.165) is 24.3 Å². The van der Waals surface area contributed by atoms with Crippen molar-refractivity contribution in [3.8, 4) is 0 Å². The fraction of sp³-hybridized carbons (Fsp3) is 0.600. The first-order chi connectivity index (χ1) is 9.62. The van der Waals surface area contributed by atoms with Crippen LogP contribution in [0.5, 0.6) is 0 Å². The van der Waals surface area contributed by atoms with Gasteiger partial charge in [0, 0.05) is 13.1 Å². The standard InChI is InChI=1S/C15H24N2O2S/c16-12-14-7-3-9-15(11-14)20(18,19)17-10-4-8-13-5-1-2-6-13/h3,7,9,11,13,17H,1-2,4-6,8,10,12,16H2. The first-order valence-corrected chi connectivity index (χ1v) is 8.89. The van der Waals surface area contributed by atoms with Gasteiger partial charge in [-0.1, -0.05) is 37.8 Å². The van der Waals surface area contributed by atoms with Gasteiger partial charge in [0.25, 0.3) is 0 Å². The number of nitrogens with two attached hydrogens (primary N) is 1. The van der Waals surface area contributed by atoms with Crippen LogP contribution >= 0.6 is 0 Å². The Labute approximate surface area is 121 Å². The highest BCUT2D eigenvalue weighted by atomic mass is 32.2. The van der Waals surface area contributed by atoms with Gasteiger partial charge in [0.05, 0.1) is 4.90 Å². The Bertz CT molecular complexity index is 522. The van der Waals surface area contributed by atoms with Crippen molar-refractivity contribution in [3.63, 3.8) is 0 Å². The van der Waals surface area contributed by atoms with E-state index in [1.165, 1.54) is 25.7 Å². The number of hydrogen-bond acceptors (Lipinski definition) is 3. The van der Waals surface area contributed by atoms with Crippen LogP contribution in [0.1, 0.15) is 44.1 Å². The van der Waals surface area contributed by atoms with Crippen LogP contribution in [0.15, 0.2) is 29.2 Å². The summed E-state index contributed by atoms with van der Waals surface area (Å²) in [6, 6.07) is 6.81. The summed E-state index contributed by atoms with van der Waals surface area (Å²) in [7, 11) is -3.39. The number of rotatable bonds is 7. The van der Waals surface area contributed by atoms with Crippen molar-refractivity contribution in [1.29, 1.82) is 0 Å². The van der Waals surface area contributed by atoms with Gasteiger partial charge in [-0.15, -0.1) is 0 Å². The highest BCUT2D eigenvalue weighted by Crippen LogP contribution is 2.28. The quantitative estimate of drug-likeness (QED) is 0.759. The molecule has 0 bridgehead atoms. The smallest absolute Gasteiger partial charge is 0.240 e. The van der Waals surface area contributed by atoms with Crippen LogP contribution in [0.25, 0.3) is 0 Å². The zero-order valence-corrected chi connectivity index (χ0v) is 12.7. The van der Waals surface area contributed by atoms with Crippen molar-refractivity contribution in [2.45, 2.75) is 50.0 Å². The summed E-state index contributed by atoms with van der Waals surface area (Å²) < 4.78 is 27.0. The largest absolute Gasteiger partial charge is 0.326 e. The Morgan fingerprint density at radius 2 is 2.00 bits per heavy atom. The van der Waals surface area contributed by atoms with Crippen molar-refractivity contribution in [3.05, 3.63) is 29.8 Å². The van der Waals surface area contributed by atoms with Gasteiger partial charge in [0.1, 0.15) is 0 Å². The number of nitrogens with one attached hydrogen (secondary N) is 1. The lowest BCUT2D eigenvalue weighted by Crippen LogP contribution is -2.25. The van der Waals surface area contributed by atoms with Gasteiger partial charge >= 0.3 is 0 Å². The number of benzene rings is 1. The molecule has 20 heavy (non-hydrogen) atoms. The summed E-state index contributed by atoms with van der Waals surface area (Å²) in [5.74, 6) is 0.806. The van der Waals surface area contributed by atoms with Gasteiger partial charge in [0.15, 0.2) is 0 Å². The molecule has 1 aromatic rings. The Balaban J connectivity index is 1.83. The fourth-order valence-electron chi connectivity index (χ4n) is 2.82. The molecule has 0 unspecified atom stereocenters. The third kappa shape index (κ3) is 4.30. The molecule has 4 nitrogen and oxygen atoms in total. The fourth-order valence-corrected chi connectivity index (χ4v) is 3.96. The van der Waals surface area contributed by atoms with Crippen LogP contribution in [0, 0.1) is 5.92 Å². The molecule has 1 aliphatic rings. The van der Waals surface area contributed by atoms with Crippen LogP contribution in [0.3, 0.4) is 0 Å². The lowest BCUT2D eigenvalue weighted by atomic mass is 10.0. The highest BCUT2D eigenvalue weighted by Gasteiger charge is 2.16. The molecule has 1 aliphatic carbocycles. The second-order valence-electron chi connectivity index (χ2n) is 5.54. The normalized spacial score (nSPS) is 16.6. The van der Waals surface area contributed by atoms with Crippen molar-refractivity contribution in [2.75, 3.05) is 6.54 Å². The topological polar surface area (TPSA) is 72.2 Å². The number of sulfonamides is 1. The van der Waals surface area contributed by atoms with Gasteiger partial charge in [-0.3, -0.25) is 0 Å². The third-order valence-corrected chi connectivity index (χ3v) is 5.46. The zero-order chi connectivity index (χ0) is 14.4. The average Bonchev–Trinajstić information content (AvgIpc) is 2.97. The maximum Gasteiger partial charge on any atom is 0.240 e. The predicted molar refractivity (Wildman–Crippen MR) is 80.7 cm³/mol. The molecule has 3 N–H and O–H groups in total. The minimum Gasteiger partial charge on any atom is -0.326 e. The van der Waals surface area contributed by atoms with Crippen LogP contribution in [0.4, 0.5) is 0 Å². The van der Waals surface area contributed by atoms with Gasteiger partial charge in [-0.05, 0) is 36.5 Å². The molecule has 0 amide bonds. The number of hydrogen-bond donors (Lipinski definition) is 2. The Kier molecular flexibility index (Phi) is 5.57. The molecule has 5 heteroatoms. The van der Waals surface area contributed by atoms with E-state index in [0.29, 0.717) is 18.0 Å². The summed E-state index contributed by atoms with van der Waals surface area (Å²) in [5.41, 5.74) is 6.37. The Morgan fingerprint density at radius 3 is 2.70 bits per heavy atom. The molecule has 0 aliphatic heterocycles. The van der Waals surface area contributed by atoms with Gasteiger partial charge in [0.2, 0.25) is 10.0 Å². The minimum absolute atomic E-state index is 0.307. The van der Waals surface area contributed by atoms with Crippen LogP contribution in [-0.4, -0.2) is 15.0 Å². The molecule has 1 fully saturated rings. The first-order valence-electron chi connectivity index (χ1n) is 7.40. The molecule has 0 radical (unpaired) electrons. The molecule has 0 aromatic heterocycles. The SMILES string of the molecule is NCc1cccc(S(=O)(=O)NCCCC2CCCC2)c1. The molecule has 0 atom stereocenters. The average molecular weight is 296 g/mol. The van der Waals surface area contributed by atoms with E-state index in [1.807, 2.05) is 6.07 Å². The third-order valence-electron chi connectivity index (χ3n) is 4.00. The molecule has 0 heterocycles. The van der Waals surface area contributed by atoms with Crippen molar-refractivity contribution >= 4 is 10.0 Å². The van der Waals surface area contributed by atoms with E-state index in [1.54, 1.807) is 18.2 Å². The first kappa shape index (κ1) is 15.5. The highest BCUT2D eigenvalue weighted by molar-refractivity contribution is 7.89. The van der Waals surface area contributed by atoms with Gasteiger partial charge < -0.3 is 5.73 Å². The van der Waals surface area contributed by atoms with E-state index < -0.39 is 10.0 Å². The second kappa shape index (κ2) is 7.20. The lowest BCUT2D eigenvalue weighted by Gasteiger charge is -2.10. The van der Waals surface area contributed by atoms with Crippen molar-refractivity contribution in [1.82, 2.24) is 4.72 Å². The molecule has 0 saturated heterocycles. The van der Waals surface area contributed by atoms with E-state index in [4.69, 9.17) is 5.73 Å². The van der Waals surface area contributed by atoms with Crippen molar-refractivity contribution in [2.24, 2.45) is 11.7 Å². The van der Waals surface area contributed by atoms with Crippen LogP contribution < -0.4 is 10.5 Å². The minimum atomic E-state index is -3.39. The van der Waals surface area contributed by atoms with Crippen molar-refractivity contribution < 1.29 is 8.42 Å². The summed E-state index contributed by atoms with van der Waals surface area (Å²) >= 11 is 0. The molecule has 1 aromatic carbocycles. The van der Waals surface area contributed by atoms with E-state index in [9.17, 15) is 8.42 Å². The monoisotopic (exact) mass is 296 g/mol. The molecule has 1 saturated carbocycles. The van der Waals surface area contributed by atoms with E-state index in [-0.39, 0.29) is 0 Å². The molecule has 112 valence electrons. The predicted octanol–water partition coefficient (Wildman–Crippen LogP) is 2.39. The van der Waals surface area contributed by atoms with Gasteiger partial charge in [-0.25, -0.2) is 13.1 Å². The molecular weight excluding hydrogens is 272 g/mol. The van der Waals surface area contributed by atoms with Crippen LogP contribution in [-0.2, 0) is 16.6 Å². The van der Waals surface area contributed by atoms with Crippen LogP contribution in [0.2, 0.25) is 0 Å².